The molecule has 3 aromatic carbocycles. The number of ether oxygens (including phenoxy) is 2. The zero-order chi connectivity index (χ0) is 18.7. The number of rotatable bonds is 10. The molecule has 4 heteroatoms. The van der Waals surface area contributed by atoms with Gasteiger partial charge >= 0.3 is 166 Å². The van der Waals surface area contributed by atoms with Crippen molar-refractivity contribution in [2.24, 2.45) is 0 Å². The summed E-state index contributed by atoms with van der Waals surface area (Å²) < 4.78 is 12.3. The molecular formula is C23H24O2SSe. The molecular weight excluding hydrogens is 419 g/mol. The summed E-state index contributed by atoms with van der Waals surface area (Å²) in [7, 11) is 1.68. The molecule has 0 amide bonds. The summed E-state index contributed by atoms with van der Waals surface area (Å²) in [5.41, 5.74) is 3.95. The normalized spacial score (nSPS) is 10.6. The zero-order valence-electron chi connectivity index (χ0n) is 15.5. The average molecular weight is 443 g/mol. The maximum absolute atomic E-state index is 5.87. The molecule has 0 saturated carbocycles. The van der Waals surface area contributed by atoms with Crippen LogP contribution in [0.15, 0.2) is 78.9 Å². The van der Waals surface area contributed by atoms with Crippen molar-refractivity contribution < 1.29 is 9.47 Å². The van der Waals surface area contributed by atoms with Gasteiger partial charge in [0.15, 0.2) is 0 Å². The van der Waals surface area contributed by atoms with Crippen molar-refractivity contribution in [3.63, 3.8) is 0 Å². The van der Waals surface area contributed by atoms with E-state index in [1.807, 2.05) is 36.0 Å². The summed E-state index contributed by atoms with van der Waals surface area (Å²) in [6, 6.07) is 27.2. The first-order valence-corrected chi connectivity index (χ1v) is 12.5. The van der Waals surface area contributed by atoms with E-state index in [-0.39, 0.29) is 0 Å². The standard InChI is InChI=1S/C23H24O2SSe/c1-24-22-11-7-19(8-12-22)15-25-23-13-9-21(10-14-23)17-27-18-26-16-20-5-3-2-4-6-20/h2-14H,15-18H2,1H3. The second-order valence-electron chi connectivity index (χ2n) is 6.08. The van der Waals surface area contributed by atoms with E-state index in [0.717, 1.165) is 22.8 Å². The molecule has 0 bridgehead atoms. The summed E-state index contributed by atoms with van der Waals surface area (Å²) in [6.07, 6.45) is 0. The molecule has 0 heterocycles. The van der Waals surface area contributed by atoms with E-state index in [1.54, 1.807) is 7.11 Å². The minimum absolute atomic E-state index is 0.573. The van der Waals surface area contributed by atoms with E-state index < -0.39 is 0 Å². The first-order valence-electron chi connectivity index (χ1n) is 8.87. The van der Waals surface area contributed by atoms with Crippen LogP contribution in [0.2, 0.25) is 0 Å². The molecule has 3 aromatic rings. The molecule has 0 N–H and O–H groups in total. The minimum atomic E-state index is 0.573. The molecule has 0 unspecified atom stereocenters. The van der Waals surface area contributed by atoms with Crippen LogP contribution in [0.1, 0.15) is 16.7 Å². The van der Waals surface area contributed by atoms with Crippen LogP contribution >= 0.6 is 11.8 Å². The van der Waals surface area contributed by atoms with Crippen LogP contribution in [0.4, 0.5) is 0 Å². The van der Waals surface area contributed by atoms with Gasteiger partial charge in [-0.05, 0) is 0 Å². The van der Waals surface area contributed by atoms with Crippen LogP contribution in [0.3, 0.4) is 0 Å². The molecule has 0 aliphatic heterocycles. The molecule has 0 aliphatic carbocycles. The van der Waals surface area contributed by atoms with Crippen molar-refractivity contribution >= 4 is 26.7 Å². The number of hydrogen-bond donors (Lipinski definition) is 0. The molecule has 2 nitrogen and oxygen atoms in total. The summed E-state index contributed by atoms with van der Waals surface area (Å²) in [5.74, 6) is 2.90. The van der Waals surface area contributed by atoms with Crippen LogP contribution in [-0.4, -0.2) is 26.7 Å². The van der Waals surface area contributed by atoms with Gasteiger partial charge in [-0.3, -0.25) is 0 Å². The molecule has 27 heavy (non-hydrogen) atoms. The number of benzene rings is 3. The van der Waals surface area contributed by atoms with Crippen LogP contribution in [0.5, 0.6) is 11.5 Å². The monoisotopic (exact) mass is 444 g/mol. The Morgan fingerprint density at radius 3 is 2.11 bits per heavy atom. The maximum atomic E-state index is 5.87. The third-order valence-electron chi connectivity index (χ3n) is 4.03. The molecule has 0 saturated heterocycles. The second kappa shape index (κ2) is 11.1. The first kappa shape index (κ1) is 19.9. The fourth-order valence-electron chi connectivity index (χ4n) is 2.52. The topological polar surface area (TPSA) is 18.5 Å². The molecule has 140 valence electrons. The third kappa shape index (κ3) is 6.99. The van der Waals surface area contributed by atoms with Gasteiger partial charge in [0.2, 0.25) is 0 Å². The van der Waals surface area contributed by atoms with Crippen LogP contribution in [0.25, 0.3) is 0 Å². The number of hydrogen-bond acceptors (Lipinski definition) is 3. The van der Waals surface area contributed by atoms with Gasteiger partial charge in [-0.2, -0.15) is 0 Å². The van der Waals surface area contributed by atoms with E-state index in [2.05, 4.69) is 54.6 Å². The van der Waals surface area contributed by atoms with Gasteiger partial charge in [0.25, 0.3) is 0 Å². The molecule has 0 aliphatic rings. The molecule has 0 spiro atoms. The average Bonchev–Trinajstić information content (AvgIpc) is 2.74. The Morgan fingerprint density at radius 2 is 1.41 bits per heavy atom. The molecule has 0 radical (unpaired) electrons. The predicted molar refractivity (Wildman–Crippen MR) is 116 cm³/mol. The Balaban J connectivity index is 1.35. The van der Waals surface area contributed by atoms with E-state index in [0.29, 0.717) is 21.6 Å². The van der Waals surface area contributed by atoms with Gasteiger partial charge in [-0.15, -0.1) is 0 Å². The van der Waals surface area contributed by atoms with Crippen molar-refractivity contribution in [1.82, 2.24) is 0 Å². The fourth-order valence-corrected chi connectivity index (χ4v) is 5.92. The Bertz CT molecular complexity index is 789. The van der Waals surface area contributed by atoms with Gasteiger partial charge in [-0.1, -0.05) is 0 Å². The van der Waals surface area contributed by atoms with E-state index >= 15 is 0 Å². The van der Waals surface area contributed by atoms with E-state index in [9.17, 15) is 0 Å². The first-order chi connectivity index (χ1) is 13.3. The Morgan fingerprint density at radius 1 is 0.741 bits per heavy atom. The molecule has 0 atom stereocenters. The summed E-state index contributed by atoms with van der Waals surface area (Å²) in [6.45, 7) is 0.573. The van der Waals surface area contributed by atoms with Gasteiger partial charge < -0.3 is 0 Å². The van der Waals surface area contributed by atoms with Crippen LogP contribution in [0, 0.1) is 0 Å². The van der Waals surface area contributed by atoms with Crippen molar-refractivity contribution in [3.05, 3.63) is 95.6 Å². The summed E-state index contributed by atoms with van der Waals surface area (Å²) >= 11 is 2.66. The van der Waals surface area contributed by atoms with Crippen LogP contribution in [-0.2, 0) is 17.7 Å². The fraction of sp³-hybridized carbons (Fsp3) is 0.217. The van der Waals surface area contributed by atoms with Crippen molar-refractivity contribution in [3.8, 4) is 11.5 Å². The van der Waals surface area contributed by atoms with Gasteiger partial charge in [-0.25, -0.2) is 0 Å². The van der Waals surface area contributed by atoms with Crippen molar-refractivity contribution in [1.29, 1.82) is 0 Å². The molecule has 0 fully saturated rings. The Hall–Kier alpha value is -1.87. The SMILES string of the molecule is COc1ccc(COc2ccc(C[Se]CSCc3ccccc3)cc2)cc1. The van der Waals surface area contributed by atoms with E-state index in [4.69, 9.17) is 9.47 Å². The van der Waals surface area contributed by atoms with Gasteiger partial charge in [0.1, 0.15) is 0 Å². The summed E-state index contributed by atoms with van der Waals surface area (Å²) in [5, 5.41) is 1.17. The van der Waals surface area contributed by atoms with E-state index in [1.165, 1.54) is 21.1 Å². The molecule has 0 aromatic heterocycles. The zero-order valence-corrected chi connectivity index (χ0v) is 18.0. The molecule has 3 rings (SSSR count). The number of thioether (sulfide) groups is 1. The van der Waals surface area contributed by atoms with Crippen molar-refractivity contribution in [2.75, 3.05) is 11.8 Å². The predicted octanol–water partition coefficient (Wildman–Crippen LogP) is 5.37. The van der Waals surface area contributed by atoms with Gasteiger partial charge in [0, 0.05) is 0 Å². The second-order valence-corrected chi connectivity index (χ2v) is 9.96. The quantitative estimate of drug-likeness (QED) is 0.310. The van der Waals surface area contributed by atoms with Gasteiger partial charge in [0.05, 0.1) is 7.11 Å². The van der Waals surface area contributed by atoms with Crippen molar-refractivity contribution in [2.45, 2.75) is 17.7 Å². The Kier molecular flexibility index (Phi) is 8.16. The third-order valence-corrected chi connectivity index (χ3v) is 8.13. The number of methoxy groups -OCH3 is 1. The van der Waals surface area contributed by atoms with Crippen LogP contribution < -0.4 is 9.47 Å². The Labute approximate surface area is 172 Å². The summed E-state index contributed by atoms with van der Waals surface area (Å²) in [4.78, 5) is 0.